The average Bonchev–Trinajstić information content (AvgIpc) is 2.57. The van der Waals surface area contributed by atoms with Crippen LogP contribution in [0.15, 0.2) is 0 Å². The van der Waals surface area contributed by atoms with Gasteiger partial charge in [0.2, 0.25) is 0 Å². The molecule has 0 spiro atoms. The van der Waals surface area contributed by atoms with Gasteiger partial charge in [0, 0.05) is 4.88 Å². The first-order chi connectivity index (χ1) is 6.67. The molecule has 0 aliphatic rings. The number of rotatable bonds is 5. The maximum absolute atomic E-state index is 10.4. The van der Waals surface area contributed by atoms with E-state index in [9.17, 15) is 4.79 Å². The summed E-state index contributed by atoms with van der Waals surface area (Å²) in [5.41, 5.74) is 1.08. The lowest BCUT2D eigenvalue weighted by atomic mass is 10.2. The maximum Gasteiger partial charge on any atom is 0.303 e. The number of hydrogen-bond acceptors (Lipinski definition) is 3. The van der Waals surface area contributed by atoms with Crippen LogP contribution in [0.2, 0.25) is 0 Å². The summed E-state index contributed by atoms with van der Waals surface area (Å²) in [4.78, 5) is 16.0. The van der Waals surface area contributed by atoms with E-state index in [-0.39, 0.29) is 6.42 Å². The fourth-order valence-electron chi connectivity index (χ4n) is 1.28. The SMILES string of the molecule is CCc1nc(CC)c(CCC(=O)O)s1. The van der Waals surface area contributed by atoms with Crippen LogP contribution in [0.3, 0.4) is 0 Å². The van der Waals surface area contributed by atoms with Crippen LogP contribution < -0.4 is 0 Å². The van der Waals surface area contributed by atoms with Crippen molar-refractivity contribution in [3.05, 3.63) is 15.6 Å². The Hall–Kier alpha value is -0.900. The quantitative estimate of drug-likeness (QED) is 0.816. The molecule has 1 N–H and O–H groups in total. The summed E-state index contributed by atoms with van der Waals surface area (Å²) in [5.74, 6) is -0.737. The molecule has 4 heteroatoms. The van der Waals surface area contributed by atoms with Gasteiger partial charge in [-0.1, -0.05) is 13.8 Å². The number of carboxylic acids is 1. The van der Waals surface area contributed by atoms with Crippen LogP contribution >= 0.6 is 11.3 Å². The number of aryl methyl sites for hydroxylation is 3. The van der Waals surface area contributed by atoms with E-state index < -0.39 is 5.97 Å². The number of hydrogen-bond donors (Lipinski definition) is 1. The third-order valence-electron chi connectivity index (χ3n) is 2.03. The Labute approximate surface area is 87.8 Å². The van der Waals surface area contributed by atoms with Crippen molar-refractivity contribution in [3.63, 3.8) is 0 Å². The molecule has 0 amide bonds. The van der Waals surface area contributed by atoms with E-state index in [1.54, 1.807) is 11.3 Å². The monoisotopic (exact) mass is 213 g/mol. The number of nitrogens with zero attached hydrogens (tertiary/aromatic N) is 1. The Balaban J connectivity index is 2.73. The van der Waals surface area contributed by atoms with Crippen LogP contribution in [0.5, 0.6) is 0 Å². The lowest BCUT2D eigenvalue weighted by Gasteiger charge is -1.95. The van der Waals surface area contributed by atoms with Gasteiger partial charge in [-0.15, -0.1) is 11.3 Å². The zero-order chi connectivity index (χ0) is 10.6. The van der Waals surface area contributed by atoms with Gasteiger partial charge in [0.25, 0.3) is 0 Å². The fourth-order valence-corrected chi connectivity index (χ4v) is 2.38. The molecule has 14 heavy (non-hydrogen) atoms. The maximum atomic E-state index is 10.4. The van der Waals surface area contributed by atoms with Crippen LogP contribution in [-0.4, -0.2) is 16.1 Å². The molecular weight excluding hydrogens is 198 g/mol. The number of aliphatic carboxylic acids is 1. The second kappa shape index (κ2) is 5.10. The molecule has 0 bridgehead atoms. The molecule has 0 aromatic carbocycles. The highest BCUT2D eigenvalue weighted by atomic mass is 32.1. The van der Waals surface area contributed by atoms with Gasteiger partial charge in [0.05, 0.1) is 17.1 Å². The van der Waals surface area contributed by atoms with Crippen LogP contribution in [0.1, 0.15) is 35.8 Å². The van der Waals surface area contributed by atoms with Crippen LogP contribution in [0.4, 0.5) is 0 Å². The van der Waals surface area contributed by atoms with E-state index in [4.69, 9.17) is 5.11 Å². The first-order valence-electron chi connectivity index (χ1n) is 4.86. The van der Waals surface area contributed by atoms with Gasteiger partial charge < -0.3 is 5.11 Å². The molecule has 0 radical (unpaired) electrons. The van der Waals surface area contributed by atoms with E-state index in [0.717, 1.165) is 28.4 Å². The number of aromatic nitrogens is 1. The van der Waals surface area contributed by atoms with Gasteiger partial charge in [-0.25, -0.2) is 4.98 Å². The lowest BCUT2D eigenvalue weighted by molar-refractivity contribution is -0.136. The Kier molecular flexibility index (Phi) is 4.07. The van der Waals surface area contributed by atoms with Crippen LogP contribution in [0.25, 0.3) is 0 Å². The van der Waals surface area contributed by atoms with Gasteiger partial charge in [-0.2, -0.15) is 0 Å². The fraction of sp³-hybridized carbons (Fsp3) is 0.600. The van der Waals surface area contributed by atoms with Gasteiger partial charge in [0.15, 0.2) is 0 Å². The summed E-state index contributed by atoms with van der Waals surface area (Å²) in [7, 11) is 0. The van der Waals surface area contributed by atoms with E-state index in [2.05, 4.69) is 18.8 Å². The summed E-state index contributed by atoms with van der Waals surface area (Å²) in [6.45, 7) is 4.12. The number of carboxylic acid groups (broad SMARTS) is 1. The zero-order valence-electron chi connectivity index (χ0n) is 8.54. The number of thiazole rings is 1. The van der Waals surface area contributed by atoms with Crippen molar-refractivity contribution in [2.75, 3.05) is 0 Å². The van der Waals surface area contributed by atoms with Gasteiger partial charge >= 0.3 is 5.97 Å². The number of carbonyl (C=O) groups is 1. The highest BCUT2D eigenvalue weighted by Gasteiger charge is 2.09. The van der Waals surface area contributed by atoms with E-state index in [1.165, 1.54) is 0 Å². The molecule has 3 nitrogen and oxygen atoms in total. The Morgan fingerprint density at radius 1 is 1.43 bits per heavy atom. The molecule has 0 atom stereocenters. The molecule has 0 aliphatic heterocycles. The summed E-state index contributed by atoms with van der Waals surface area (Å²) in [5, 5.41) is 9.70. The minimum atomic E-state index is -0.737. The topological polar surface area (TPSA) is 50.2 Å². The predicted octanol–water partition coefficient (Wildman–Crippen LogP) is 2.29. The van der Waals surface area contributed by atoms with Gasteiger partial charge in [-0.3, -0.25) is 4.79 Å². The van der Waals surface area contributed by atoms with Crippen molar-refractivity contribution in [3.8, 4) is 0 Å². The van der Waals surface area contributed by atoms with Crippen molar-refractivity contribution in [1.82, 2.24) is 4.98 Å². The van der Waals surface area contributed by atoms with Crippen LogP contribution in [0, 0.1) is 0 Å². The molecular formula is C10H15NO2S. The highest BCUT2D eigenvalue weighted by Crippen LogP contribution is 2.21. The summed E-state index contributed by atoms with van der Waals surface area (Å²) in [6, 6.07) is 0. The summed E-state index contributed by atoms with van der Waals surface area (Å²) < 4.78 is 0. The molecule has 0 fully saturated rings. The molecule has 0 unspecified atom stereocenters. The Morgan fingerprint density at radius 2 is 2.14 bits per heavy atom. The van der Waals surface area contributed by atoms with E-state index in [1.807, 2.05) is 0 Å². The smallest absolute Gasteiger partial charge is 0.303 e. The standard InChI is InChI=1S/C10H15NO2S/c1-3-7-8(5-6-10(12)13)14-9(4-2)11-7/h3-6H2,1-2H3,(H,12,13). The normalized spacial score (nSPS) is 10.4. The largest absolute Gasteiger partial charge is 0.481 e. The van der Waals surface area contributed by atoms with E-state index >= 15 is 0 Å². The first-order valence-corrected chi connectivity index (χ1v) is 5.68. The van der Waals surface area contributed by atoms with Crippen molar-refractivity contribution in [2.45, 2.75) is 39.5 Å². The van der Waals surface area contributed by atoms with E-state index in [0.29, 0.717) is 6.42 Å². The third kappa shape index (κ3) is 2.80. The second-order valence-corrected chi connectivity index (χ2v) is 4.25. The second-order valence-electron chi connectivity index (χ2n) is 3.08. The molecule has 0 aliphatic carbocycles. The van der Waals surface area contributed by atoms with Crippen molar-refractivity contribution >= 4 is 17.3 Å². The minimum absolute atomic E-state index is 0.207. The Bertz CT molecular complexity index is 320. The molecule has 1 heterocycles. The minimum Gasteiger partial charge on any atom is -0.481 e. The van der Waals surface area contributed by atoms with Gasteiger partial charge in [0.1, 0.15) is 0 Å². The third-order valence-corrected chi connectivity index (χ3v) is 3.33. The lowest BCUT2D eigenvalue weighted by Crippen LogP contribution is -1.98. The Morgan fingerprint density at radius 3 is 2.64 bits per heavy atom. The highest BCUT2D eigenvalue weighted by molar-refractivity contribution is 7.11. The molecule has 0 saturated heterocycles. The molecule has 0 saturated carbocycles. The zero-order valence-corrected chi connectivity index (χ0v) is 9.36. The molecule has 1 aromatic rings. The summed E-state index contributed by atoms with van der Waals surface area (Å²) >= 11 is 1.65. The molecule has 78 valence electrons. The summed E-state index contributed by atoms with van der Waals surface area (Å²) in [6.07, 6.45) is 2.66. The molecule has 1 rings (SSSR count). The first kappa shape index (κ1) is 11.2. The van der Waals surface area contributed by atoms with Crippen molar-refractivity contribution in [2.24, 2.45) is 0 Å². The van der Waals surface area contributed by atoms with Gasteiger partial charge in [-0.05, 0) is 19.3 Å². The molecule has 1 aromatic heterocycles. The van der Waals surface area contributed by atoms with Crippen molar-refractivity contribution in [1.29, 1.82) is 0 Å². The van der Waals surface area contributed by atoms with Crippen LogP contribution in [-0.2, 0) is 24.1 Å². The predicted molar refractivity (Wildman–Crippen MR) is 56.8 cm³/mol. The van der Waals surface area contributed by atoms with Crippen molar-refractivity contribution < 1.29 is 9.90 Å². The average molecular weight is 213 g/mol.